The minimum Gasteiger partial charge on any atom is -0.316 e. The summed E-state index contributed by atoms with van der Waals surface area (Å²) in [5.41, 5.74) is 0. The number of hydrogen-bond acceptors (Lipinski definition) is 2. The lowest BCUT2D eigenvalue weighted by molar-refractivity contribution is -0.00895. The van der Waals surface area contributed by atoms with E-state index in [1.54, 1.807) is 4.90 Å². The van der Waals surface area contributed by atoms with Gasteiger partial charge in [0.05, 0.1) is 6.54 Å². The molecule has 1 saturated heterocycles. The lowest BCUT2D eigenvalue weighted by Crippen LogP contribution is -2.36. The van der Waals surface area contributed by atoms with Crippen LogP contribution in [0.1, 0.15) is 13.3 Å². The minimum absolute atomic E-state index is 0.106. The van der Waals surface area contributed by atoms with Crippen LogP contribution in [0.4, 0.5) is 8.78 Å². The molecule has 1 aliphatic heterocycles. The number of likely N-dealkylation sites (N-methyl/N-ethyl adjacent to an activating group) is 1. The van der Waals surface area contributed by atoms with Crippen molar-refractivity contribution >= 4 is 0 Å². The molecule has 0 aromatic heterocycles. The maximum Gasteiger partial charge on any atom is 0.257 e. The van der Waals surface area contributed by atoms with Gasteiger partial charge in [0.1, 0.15) is 0 Å². The number of nitrogens with one attached hydrogen (secondary N) is 1. The summed E-state index contributed by atoms with van der Waals surface area (Å²) in [6, 6.07) is 0.396. The predicted molar refractivity (Wildman–Crippen MR) is 44.5 cm³/mol. The van der Waals surface area contributed by atoms with Gasteiger partial charge in [0.25, 0.3) is 5.92 Å². The minimum atomic E-state index is -2.55. The molecule has 0 spiro atoms. The van der Waals surface area contributed by atoms with Gasteiger partial charge in [0, 0.05) is 19.5 Å². The molecule has 1 rings (SSSR count). The van der Waals surface area contributed by atoms with E-state index >= 15 is 0 Å². The van der Waals surface area contributed by atoms with Gasteiger partial charge < -0.3 is 5.32 Å². The van der Waals surface area contributed by atoms with Gasteiger partial charge in [-0.2, -0.15) is 0 Å². The number of rotatable bonds is 3. The van der Waals surface area contributed by atoms with Crippen molar-refractivity contribution in [2.24, 2.45) is 0 Å². The van der Waals surface area contributed by atoms with E-state index in [-0.39, 0.29) is 6.54 Å². The molecule has 1 atom stereocenters. The third-order valence-corrected chi connectivity index (χ3v) is 2.18. The quantitative estimate of drug-likeness (QED) is 0.691. The zero-order valence-electron chi connectivity index (χ0n) is 7.61. The maximum absolute atomic E-state index is 12.5. The second kappa shape index (κ2) is 3.66. The van der Waals surface area contributed by atoms with E-state index in [1.807, 2.05) is 7.05 Å². The Morgan fingerprint density at radius 1 is 1.58 bits per heavy atom. The van der Waals surface area contributed by atoms with Gasteiger partial charge in [0.2, 0.25) is 0 Å². The summed E-state index contributed by atoms with van der Waals surface area (Å²) in [4.78, 5) is 1.81. The molecule has 72 valence electrons. The zero-order chi connectivity index (χ0) is 9.19. The zero-order valence-corrected chi connectivity index (χ0v) is 7.61. The summed E-state index contributed by atoms with van der Waals surface area (Å²) in [7, 11) is 1.87. The summed E-state index contributed by atoms with van der Waals surface area (Å²) in [5.74, 6) is -2.55. The molecule has 0 amide bonds. The van der Waals surface area contributed by atoms with Gasteiger partial charge in [-0.05, 0) is 20.0 Å². The lowest BCUT2D eigenvalue weighted by Gasteiger charge is -2.19. The van der Waals surface area contributed by atoms with Crippen molar-refractivity contribution in [3.05, 3.63) is 0 Å². The second-order valence-corrected chi connectivity index (χ2v) is 3.58. The highest BCUT2D eigenvalue weighted by Gasteiger charge is 2.29. The van der Waals surface area contributed by atoms with Crippen molar-refractivity contribution in [3.63, 3.8) is 0 Å². The van der Waals surface area contributed by atoms with Crippen LogP contribution in [-0.2, 0) is 0 Å². The van der Waals surface area contributed by atoms with E-state index in [9.17, 15) is 8.78 Å². The highest BCUT2D eigenvalue weighted by atomic mass is 19.3. The van der Waals surface area contributed by atoms with Gasteiger partial charge in [-0.1, -0.05) is 0 Å². The van der Waals surface area contributed by atoms with Crippen LogP contribution in [0.3, 0.4) is 0 Å². The molecule has 0 bridgehead atoms. The molecule has 1 fully saturated rings. The van der Waals surface area contributed by atoms with Gasteiger partial charge >= 0.3 is 0 Å². The topological polar surface area (TPSA) is 15.3 Å². The van der Waals surface area contributed by atoms with Gasteiger partial charge in [-0.3, -0.25) is 4.90 Å². The van der Waals surface area contributed by atoms with Gasteiger partial charge in [0.15, 0.2) is 0 Å². The highest BCUT2D eigenvalue weighted by Crippen LogP contribution is 2.17. The number of likely N-dealkylation sites (tertiary alicyclic amines) is 1. The molecule has 0 aliphatic carbocycles. The van der Waals surface area contributed by atoms with E-state index in [2.05, 4.69) is 5.32 Å². The van der Waals surface area contributed by atoms with Crippen molar-refractivity contribution in [3.8, 4) is 0 Å². The molecular weight excluding hydrogens is 162 g/mol. The molecule has 1 aliphatic rings. The second-order valence-electron chi connectivity index (χ2n) is 3.58. The largest absolute Gasteiger partial charge is 0.316 e. The Balaban J connectivity index is 2.28. The molecule has 1 unspecified atom stereocenters. The third-order valence-electron chi connectivity index (χ3n) is 2.18. The van der Waals surface area contributed by atoms with Crippen LogP contribution in [0.2, 0.25) is 0 Å². The third kappa shape index (κ3) is 3.03. The molecule has 1 heterocycles. The SMILES string of the molecule is CNC1CCN(CC(C)(F)F)C1. The van der Waals surface area contributed by atoms with Crippen LogP contribution >= 0.6 is 0 Å². The Morgan fingerprint density at radius 3 is 2.67 bits per heavy atom. The Labute approximate surface area is 71.9 Å². The van der Waals surface area contributed by atoms with E-state index < -0.39 is 5.92 Å². The summed E-state index contributed by atoms with van der Waals surface area (Å²) in [6.45, 7) is 2.40. The smallest absolute Gasteiger partial charge is 0.257 e. The number of halogens is 2. The van der Waals surface area contributed by atoms with Crippen molar-refractivity contribution < 1.29 is 8.78 Å². The molecule has 12 heavy (non-hydrogen) atoms. The first kappa shape index (κ1) is 9.86. The van der Waals surface area contributed by atoms with Crippen LogP contribution in [-0.4, -0.2) is 43.5 Å². The van der Waals surface area contributed by atoms with Crippen molar-refractivity contribution in [2.45, 2.75) is 25.3 Å². The molecule has 2 nitrogen and oxygen atoms in total. The number of hydrogen-bond donors (Lipinski definition) is 1. The molecule has 0 aromatic rings. The van der Waals surface area contributed by atoms with Crippen LogP contribution in [0.15, 0.2) is 0 Å². The highest BCUT2D eigenvalue weighted by molar-refractivity contribution is 4.81. The first-order chi connectivity index (χ1) is 5.51. The fourth-order valence-electron chi connectivity index (χ4n) is 1.60. The van der Waals surface area contributed by atoms with E-state index in [0.717, 1.165) is 26.4 Å². The van der Waals surface area contributed by atoms with Crippen molar-refractivity contribution in [1.82, 2.24) is 10.2 Å². The summed E-state index contributed by atoms with van der Waals surface area (Å²) >= 11 is 0. The Kier molecular flexibility index (Phi) is 3.01. The average molecular weight is 178 g/mol. The van der Waals surface area contributed by atoms with Crippen molar-refractivity contribution in [2.75, 3.05) is 26.7 Å². The molecular formula is C8H16F2N2. The molecule has 0 saturated carbocycles. The molecule has 0 radical (unpaired) electrons. The van der Waals surface area contributed by atoms with Gasteiger partial charge in [-0.25, -0.2) is 8.78 Å². The normalized spacial score (nSPS) is 26.5. The Bertz CT molecular complexity index is 144. The number of alkyl halides is 2. The maximum atomic E-state index is 12.5. The van der Waals surface area contributed by atoms with Crippen molar-refractivity contribution in [1.29, 1.82) is 0 Å². The first-order valence-electron chi connectivity index (χ1n) is 4.29. The first-order valence-corrected chi connectivity index (χ1v) is 4.29. The standard InChI is InChI=1S/C8H16F2N2/c1-8(9,10)6-12-4-3-7(5-12)11-2/h7,11H,3-6H2,1-2H3. The lowest BCUT2D eigenvalue weighted by atomic mass is 10.3. The summed E-state index contributed by atoms with van der Waals surface area (Å²) in [5, 5.41) is 3.09. The number of nitrogens with zero attached hydrogens (tertiary/aromatic N) is 1. The summed E-state index contributed by atoms with van der Waals surface area (Å²) < 4.78 is 25.1. The summed E-state index contributed by atoms with van der Waals surface area (Å²) in [6.07, 6.45) is 0.979. The van der Waals surface area contributed by atoms with Crippen LogP contribution in [0.25, 0.3) is 0 Å². The van der Waals surface area contributed by atoms with E-state index in [1.165, 1.54) is 0 Å². The van der Waals surface area contributed by atoms with E-state index in [0.29, 0.717) is 6.04 Å². The fourth-order valence-corrected chi connectivity index (χ4v) is 1.60. The Morgan fingerprint density at radius 2 is 2.25 bits per heavy atom. The monoisotopic (exact) mass is 178 g/mol. The molecule has 1 N–H and O–H groups in total. The van der Waals surface area contributed by atoms with Crippen LogP contribution < -0.4 is 5.32 Å². The Hall–Kier alpha value is -0.220. The predicted octanol–water partition coefficient (Wildman–Crippen LogP) is 0.935. The average Bonchev–Trinajstić information content (AvgIpc) is 2.32. The molecule has 0 aromatic carbocycles. The van der Waals surface area contributed by atoms with Gasteiger partial charge in [-0.15, -0.1) is 0 Å². The van der Waals surface area contributed by atoms with E-state index in [4.69, 9.17) is 0 Å². The van der Waals surface area contributed by atoms with Crippen LogP contribution in [0.5, 0.6) is 0 Å². The van der Waals surface area contributed by atoms with Crippen LogP contribution in [0, 0.1) is 0 Å². The fraction of sp³-hybridized carbons (Fsp3) is 1.00. The molecule has 4 heteroatoms.